The van der Waals surface area contributed by atoms with Gasteiger partial charge in [0.1, 0.15) is 5.78 Å². The van der Waals surface area contributed by atoms with E-state index in [1.54, 1.807) is 4.90 Å². The Bertz CT molecular complexity index is 254. The number of hydrogen-bond donors (Lipinski definition) is 0. The van der Waals surface area contributed by atoms with Crippen LogP contribution >= 0.6 is 0 Å². The number of methoxy groups -OCH3 is 1. The van der Waals surface area contributed by atoms with Crippen LogP contribution in [-0.4, -0.2) is 37.0 Å². The third-order valence-corrected chi connectivity index (χ3v) is 3.22. The monoisotopic (exact) mass is 197 g/mol. The van der Waals surface area contributed by atoms with Crippen molar-refractivity contribution >= 4 is 11.9 Å². The second kappa shape index (κ2) is 3.59. The van der Waals surface area contributed by atoms with Gasteiger partial charge in [0.05, 0.1) is 13.0 Å². The average Bonchev–Trinajstić information content (AvgIpc) is 1.97. The van der Waals surface area contributed by atoms with Gasteiger partial charge < -0.3 is 9.64 Å². The molecular formula is C10H15NO3. The zero-order valence-corrected chi connectivity index (χ0v) is 8.36. The quantitative estimate of drug-likeness (QED) is 0.664. The Labute approximate surface area is 83.2 Å². The third-order valence-electron chi connectivity index (χ3n) is 3.22. The Morgan fingerprint density at radius 2 is 1.86 bits per heavy atom. The molecule has 1 aliphatic heterocycles. The van der Waals surface area contributed by atoms with Crippen LogP contribution in [0.3, 0.4) is 0 Å². The zero-order chi connectivity index (χ0) is 10.1. The number of ether oxygens (including phenoxy) is 1. The molecular weight excluding hydrogens is 182 g/mol. The lowest BCUT2D eigenvalue weighted by atomic mass is 9.76. The van der Waals surface area contributed by atoms with Crippen LogP contribution in [-0.2, 0) is 9.53 Å². The molecule has 0 N–H and O–H groups in total. The Kier molecular flexibility index (Phi) is 2.44. The molecule has 1 amide bonds. The number of amides is 1. The molecule has 2 aliphatic rings. The van der Waals surface area contributed by atoms with Crippen molar-refractivity contribution in [1.82, 2.24) is 4.90 Å². The maximum absolute atomic E-state index is 11.7. The van der Waals surface area contributed by atoms with Gasteiger partial charge in [0, 0.05) is 19.0 Å². The molecule has 78 valence electrons. The lowest BCUT2D eigenvalue weighted by molar-refractivity contribution is -0.133. The molecule has 1 saturated carbocycles. The highest BCUT2D eigenvalue weighted by molar-refractivity contribution is 5.86. The zero-order valence-electron chi connectivity index (χ0n) is 8.36. The highest BCUT2D eigenvalue weighted by Gasteiger charge is 2.40. The van der Waals surface area contributed by atoms with Crippen molar-refractivity contribution in [2.24, 2.45) is 11.8 Å². The number of rotatable bonds is 2. The number of carbonyl (C=O) groups excluding carboxylic acids is 2. The van der Waals surface area contributed by atoms with Crippen LogP contribution in [0.25, 0.3) is 0 Å². The van der Waals surface area contributed by atoms with Crippen molar-refractivity contribution in [3.05, 3.63) is 0 Å². The van der Waals surface area contributed by atoms with Crippen LogP contribution in [0.1, 0.15) is 19.3 Å². The van der Waals surface area contributed by atoms with E-state index in [4.69, 9.17) is 0 Å². The van der Waals surface area contributed by atoms with Crippen molar-refractivity contribution in [1.29, 1.82) is 0 Å². The summed E-state index contributed by atoms with van der Waals surface area (Å²) in [6.45, 7) is 1.12. The van der Waals surface area contributed by atoms with Crippen molar-refractivity contribution in [3.8, 4) is 0 Å². The molecule has 2 rings (SSSR count). The summed E-state index contributed by atoms with van der Waals surface area (Å²) in [6.07, 6.45) is 2.97. The summed E-state index contributed by atoms with van der Waals surface area (Å²) >= 11 is 0. The first kappa shape index (κ1) is 9.49. The predicted molar refractivity (Wildman–Crippen MR) is 49.8 cm³/mol. The number of hydrogen-bond acceptors (Lipinski definition) is 3. The fourth-order valence-corrected chi connectivity index (χ4v) is 1.96. The van der Waals surface area contributed by atoms with Crippen LogP contribution in [0.4, 0.5) is 4.79 Å². The van der Waals surface area contributed by atoms with Crippen molar-refractivity contribution in [3.63, 3.8) is 0 Å². The van der Waals surface area contributed by atoms with E-state index in [2.05, 4.69) is 4.74 Å². The molecule has 2 fully saturated rings. The van der Waals surface area contributed by atoms with Crippen LogP contribution < -0.4 is 0 Å². The van der Waals surface area contributed by atoms with Crippen LogP contribution in [0.2, 0.25) is 0 Å². The maximum atomic E-state index is 11.7. The van der Waals surface area contributed by atoms with E-state index in [-0.39, 0.29) is 12.0 Å². The van der Waals surface area contributed by atoms with E-state index in [1.807, 2.05) is 0 Å². The van der Waals surface area contributed by atoms with Crippen molar-refractivity contribution in [2.75, 3.05) is 20.2 Å². The van der Waals surface area contributed by atoms with Crippen LogP contribution in [0.5, 0.6) is 0 Å². The molecule has 0 aromatic rings. The van der Waals surface area contributed by atoms with Crippen molar-refractivity contribution in [2.45, 2.75) is 19.3 Å². The minimum absolute atomic E-state index is 0.0828. The molecule has 4 heteroatoms. The molecule has 0 aromatic carbocycles. The number of carbonyl (C=O) groups is 2. The van der Waals surface area contributed by atoms with Gasteiger partial charge >= 0.3 is 6.09 Å². The summed E-state index contributed by atoms with van der Waals surface area (Å²) in [6, 6.07) is 0. The molecule has 0 spiro atoms. The summed E-state index contributed by atoms with van der Waals surface area (Å²) in [5.41, 5.74) is 0. The fourth-order valence-electron chi connectivity index (χ4n) is 1.96. The van der Waals surface area contributed by atoms with E-state index >= 15 is 0 Å². The largest absolute Gasteiger partial charge is 0.453 e. The van der Waals surface area contributed by atoms with E-state index in [1.165, 1.54) is 13.5 Å². The van der Waals surface area contributed by atoms with Gasteiger partial charge in [0.2, 0.25) is 0 Å². The minimum Gasteiger partial charge on any atom is -0.453 e. The number of Topliss-reactive ketones (excluding diaryl/α,β-unsaturated/α-hetero) is 1. The summed E-state index contributed by atoms with van der Waals surface area (Å²) in [5, 5.41) is 0. The van der Waals surface area contributed by atoms with Gasteiger partial charge in [-0.25, -0.2) is 4.79 Å². The minimum atomic E-state index is -0.317. The Morgan fingerprint density at radius 1 is 1.21 bits per heavy atom. The predicted octanol–water partition coefficient (Wildman–Crippen LogP) is 1.05. The third kappa shape index (κ3) is 1.49. The first-order valence-electron chi connectivity index (χ1n) is 5.09. The second-order valence-electron chi connectivity index (χ2n) is 4.10. The summed E-state index contributed by atoms with van der Waals surface area (Å²) in [7, 11) is 1.36. The average molecular weight is 197 g/mol. The lowest BCUT2D eigenvalue weighted by Crippen LogP contribution is -2.54. The maximum Gasteiger partial charge on any atom is 0.409 e. The van der Waals surface area contributed by atoms with Gasteiger partial charge in [-0.2, -0.15) is 0 Å². The van der Waals surface area contributed by atoms with Gasteiger partial charge in [0.25, 0.3) is 0 Å². The SMILES string of the molecule is COC(=O)N1CC(C(=O)C2CCC2)C1. The van der Waals surface area contributed by atoms with Gasteiger partial charge in [-0.05, 0) is 12.8 Å². The molecule has 0 aromatic heterocycles. The summed E-state index contributed by atoms with van der Waals surface area (Å²) < 4.78 is 4.56. The Hall–Kier alpha value is -1.06. The van der Waals surface area contributed by atoms with Gasteiger partial charge in [-0.3, -0.25) is 4.79 Å². The van der Waals surface area contributed by atoms with Gasteiger partial charge in [-0.15, -0.1) is 0 Å². The second-order valence-corrected chi connectivity index (χ2v) is 4.10. The highest BCUT2D eigenvalue weighted by atomic mass is 16.5. The summed E-state index contributed by atoms with van der Waals surface area (Å²) in [5.74, 6) is 0.732. The normalized spacial score (nSPS) is 22.5. The smallest absolute Gasteiger partial charge is 0.409 e. The first-order valence-corrected chi connectivity index (χ1v) is 5.09. The Balaban J connectivity index is 1.76. The summed E-state index contributed by atoms with van der Waals surface area (Å²) in [4.78, 5) is 24.3. The molecule has 0 unspecified atom stereocenters. The molecule has 0 radical (unpaired) electrons. The first-order chi connectivity index (χ1) is 6.72. The number of ketones is 1. The van der Waals surface area contributed by atoms with E-state index in [0.29, 0.717) is 24.8 Å². The molecule has 1 saturated heterocycles. The molecule has 0 atom stereocenters. The number of likely N-dealkylation sites (tertiary alicyclic amines) is 1. The molecule has 1 aliphatic carbocycles. The van der Waals surface area contributed by atoms with E-state index in [9.17, 15) is 9.59 Å². The van der Waals surface area contributed by atoms with Crippen LogP contribution in [0.15, 0.2) is 0 Å². The fraction of sp³-hybridized carbons (Fsp3) is 0.800. The standard InChI is InChI=1S/C10H15NO3/c1-14-10(13)11-5-8(6-11)9(12)7-3-2-4-7/h7-8H,2-6H2,1H3. The van der Waals surface area contributed by atoms with E-state index < -0.39 is 0 Å². The number of nitrogens with zero attached hydrogens (tertiary/aromatic N) is 1. The molecule has 0 bridgehead atoms. The lowest BCUT2D eigenvalue weighted by Gasteiger charge is -2.40. The molecule has 4 nitrogen and oxygen atoms in total. The Morgan fingerprint density at radius 3 is 2.29 bits per heavy atom. The topological polar surface area (TPSA) is 46.6 Å². The van der Waals surface area contributed by atoms with E-state index in [0.717, 1.165) is 12.8 Å². The van der Waals surface area contributed by atoms with Gasteiger partial charge in [0.15, 0.2) is 0 Å². The highest BCUT2D eigenvalue weighted by Crippen LogP contribution is 2.32. The molecule has 1 heterocycles. The molecule has 14 heavy (non-hydrogen) atoms. The van der Waals surface area contributed by atoms with Crippen LogP contribution in [0, 0.1) is 11.8 Å². The van der Waals surface area contributed by atoms with Gasteiger partial charge in [-0.1, -0.05) is 6.42 Å². The van der Waals surface area contributed by atoms with Crippen molar-refractivity contribution < 1.29 is 14.3 Å².